The molecule has 1 rings (SSSR count). The summed E-state index contributed by atoms with van der Waals surface area (Å²) in [6.07, 6.45) is 5.90. The highest BCUT2D eigenvalue weighted by Gasteiger charge is 2.06. The van der Waals surface area contributed by atoms with E-state index in [0.717, 1.165) is 57.4 Å². The number of ether oxygens (including phenoxy) is 1. The molecule has 0 unspecified atom stereocenters. The smallest absolute Gasteiger partial charge is 0.193 e. The van der Waals surface area contributed by atoms with Gasteiger partial charge in [-0.1, -0.05) is 13.3 Å². The lowest BCUT2D eigenvalue weighted by atomic mass is 10.3. The predicted molar refractivity (Wildman–Crippen MR) is 107 cm³/mol. The molecule has 1 aromatic rings. The standard InChI is InChI=1S/C17H31N3O2.HI/c1-4-6-13-20(3)17(18-11-8-14-21-5-2)19-12-10-16-9-7-15-22-16;/h7,9,15H,4-6,8,10-14H2,1-3H3,(H,18,19);1H. The van der Waals surface area contributed by atoms with E-state index in [1.807, 2.05) is 19.1 Å². The lowest BCUT2D eigenvalue weighted by Crippen LogP contribution is -2.40. The van der Waals surface area contributed by atoms with Crippen LogP contribution in [0, 0.1) is 0 Å². The number of nitrogens with one attached hydrogen (secondary N) is 1. The van der Waals surface area contributed by atoms with E-state index in [0.29, 0.717) is 0 Å². The zero-order chi connectivity index (χ0) is 16.0. The third-order valence-electron chi connectivity index (χ3n) is 3.36. The minimum Gasteiger partial charge on any atom is -0.469 e. The first-order valence-corrected chi connectivity index (χ1v) is 8.37. The number of nitrogens with zero attached hydrogens (tertiary/aromatic N) is 2. The predicted octanol–water partition coefficient (Wildman–Crippen LogP) is 3.54. The van der Waals surface area contributed by atoms with Crippen LogP contribution < -0.4 is 5.32 Å². The van der Waals surface area contributed by atoms with Crippen molar-refractivity contribution in [3.8, 4) is 0 Å². The van der Waals surface area contributed by atoms with E-state index in [1.165, 1.54) is 12.8 Å². The van der Waals surface area contributed by atoms with Crippen molar-refractivity contribution in [1.82, 2.24) is 10.2 Å². The van der Waals surface area contributed by atoms with Crippen LogP contribution in [-0.2, 0) is 11.2 Å². The summed E-state index contributed by atoms with van der Waals surface area (Å²) in [5.74, 6) is 1.97. The molecular weight excluding hydrogens is 405 g/mol. The molecule has 6 heteroatoms. The van der Waals surface area contributed by atoms with Crippen LogP contribution >= 0.6 is 24.0 Å². The van der Waals surface area contributed by atoms with E-state index in [-0.39, 0.29) is 24.0 Å². The molecule has 1 N–H and O–H groups in total. The Labute approximate surface area is 157 Å². The molecule has 0 saturated heterocycles. The molecule has 0 spiro atoms. The van der Waals surface area contributed by atoms with Crippen molar-refractivity contribution in [2.24, 2.45) is 4.99 Å². The third-order valence-corrected chi connectivity index (χ3v) is 3.36. The van der Waals surface area contributed by atoms with Gasteiger partial charge < -0.3 is 19.4 Å². The van der Waals surface area contributed by atoms with Crippen LogP contribution in [0.4, 0.5) is 0 Å². The van der Waals surface area contributed by atoms with Gasteiger partial charge in [0.25, 0.3) is 0 Å². The second kappa shape index (κ2) is 14.8. The number of furan rings is 1. The quantitative estimate of drug-likeness (QED) is 0.249. The summed E-state index contributed by atoms with van der Waals surface area (Å²) in [4.78, 5) is 6.89. The summed E-state index contributed by atoms with van der Waals surface area (Å²) in [6.45, 7) is 8.41. The highest BCUT2D eigenvalue weighted by Crippen LogP contribution is 2.00. The molecule has 0 aromatic carbocycles. The second-order valence-electron chi connectivity index (χ2n) is 5.29. The van der Waals surface area contributed by atoms with Crippen LogP contribution in [0.5, 0.6) is 0 Å². The SMILES string of the molecule is CCCCN(C)C(=NCCCOCC)NCCc1ccco1.I. The van der Waals surface area contributed by atoms with Crippen molar-refractivity contribution in [2.75, 3.05) is 39.9 Å². The molecule has 0 fully saturated rings. The number of halogens is 1. The second-order valence-corrected chi connectivity index (χ2v) is 5.29. The van der Waals surface area contributed by atoms with Gasteiger partial charge in [0, 0.05) is 46.3 Å². The van der Waals surface area contributed by atoms with Gasteiger partial charge in [-0.25, -0.2) is 0 Å². The summed E-state index contributed by atoms with van der Waals surface area (Å²) >= 11 is 0. The van der Waals surface area contributed by atoms with E-state index < -0.39 is 0 Å². The minimum atomic E-state index is 0. The number of hydrogen-bond donors (Lipinski definition) is 1. The Balaban J connectivity index is 0.00000484. The Morgan fingerprint density at radius 1 is 1.35 bits per heavy atom. The molecule has 0 aliphatic heterocycles. The number of hydrogen-bond acceptors (Lipinski definition) is 3. The zero-order valence-corrected chi connectivity index (χ0v) is 17.0. The first-order chi connectivity index (χ1) is 10.8. The maximum Gasteiger partial charge on any atom is 0.193 e. The molecule has 0 atom stereocenters. The number of guanidine groups is 1. The summed E-state index contributed by atoms with van der Waals surface area (Å²) in [5.41, 5.74) is 0. The molecule has 0 saturated carbocycles. The lowest BCUT2D eigenvalue weighted by molar-refractivity contribution is 0.146. The van der Waals surface area contributed by atoms with Crippen molar-refractivity contribution >= 4 is 29.9 Å². The number of aliphatic imine (C=N–C) groups is 1. The summed E-state index contributed by atoms with van der Waals surface area (Å²) in [7, 11) is 2.09. The van der Waals surface area contributed by atoms with Crippen molar-refractivity contribution in [1.29, 1.82) is 0 Å². The molecule has 23 heavy (non-hydrogen) atoms. The van der Waals surface area contributed by atoms with Crippen LogP contribution in [0.15, 0.2) is 27.8 Å². The molecular formula is C17H32IN3O2. The summed E-state index contributed by atoms with van der Waals surface area (Å²) in [5, 5.41) is 3.43. The van der Waals surface area contributed by atoms with Crippen molar-refractivity contribution < 1.29 is 9.15 Å². The maximum absolute atomic E-state index is 5.36. The molecule has 0 aliphatic rings. The first kappa shape index (κ1) is 22.2. The zero-order valence-electron chi connectivity index (χ0n) is 14.7. The molecule has 0 radical (unpaired) electrons. The summed E-state index contributed by atoms with van der Waals surface area (Å²) < 4.78 is 10.7. The fourth-order valence-electron chi connectivity index (χ4n) is 2.06. The monoisotopic (exact) mass is 437 g/mol. The largest absolute Gasteiger partial charge is 0.469 e. The average molecular weight is 437 g/mol. The van der Waals surface area contributed by atoms with Crippen molar-refractivity contribution in [3.05, 3.63) is 24.2 Å². The van der Waals surface area contributed by atoms with Gasteiger partial charge in [0.05, 0.1) is 6.26 Å². The van der Waals surface area contributed by atoms with Gasteiger partial charge in [-0.05, 0) is 31.9 Å². The highest BCUT2D eigenvalue weighted by molar-refractivity contribution is 14.0. The Bertz CT molecular complexity index is 397. The number of rotatable bonds is 11. The average Bonchev–Trinajstić information content (AvgIpc) is 3.04. The topological polar surface area (TPSA) is 50.0 Å². The highest BCUT2D eigenvalue weighted by atomic mass is 127. The van der Waals surface area contributed by atoms with E-state index in [9.17, 15) is 0 Å². The molecule has 0 aliphatic carbocycles. The van der Waals surface area contributed by atoms with Crippen molar-refractivity contribution in [2.45, 2.75) is 39.5 Å². The van der Waals surface area contributed by atoms with E-state index in [2.05, 4.69) is 29.2 Å². The fraction of sp³-hybridized carbons (Fsp3) is 0.706. The van der Waals surface area contributed by atoms with Gasteiger partial charge in [0.15, 0.2) is 5.96 Å². The molecule has 0 amide bonds. The Morgan fingerprint density at radius 2 is 2.17 bits per heavy atom. The van der Waals surface area contributed by atoms with Gasteiger partial charge in [-0.3, -0.25) is 4.99 Å². The summed E-state index contributed by atoms with van der Waals surface area (Å²) in [6, 6.07) is 3.92. The first-order valence-electron chi connectivity index (χ1n) is 8.37. The van der Waals surface area contributed by atoms with Gasteiger partial charge >= 0.3 is 0 Å². The fourth-order valence-corrected chi connectivity index (χ4v) is 2.06. The van der Waals surface area contributed by atoms with Gasteiger partial charge in [-0.2, -0.15) is 0 Å². The molecule has 1 heterocycles. The van der Waals surface area contributed by atoms with Crippen LogP contribution in [0.2, 0.25) is 0 Å². The minimum absolute atomic E-state index is 0. The van der Waals surface area contributed by atoms with Gasteiger partial charge in [0.1, 0.15) is 5.76 Å². The lowest BCUT2D eigenvalue weighted by Gasteiger charge is -2.22. The van der Waals surface area contributed by atoms with Crippen molar-refractivity contribution in [3.63, 3.8) is 0 Å². The van der Waals surface area contributed by atoms with E-state index >= 15 is 0 Å². The van der Waals surface area contributed by atoms with Crippen LogP contribution in [-0.4, -0.2) is 50.8 Å². The molecule has 5 nitrogen and oxygen atoms in total. The van der Waals surface area contributed by atoms with E-state index in [4.69, 9.17) is 9.15 Å². The Kier molecular flexibility index (Phi) is 14.3. The third kappa shape index (κ3) is 10.6. The molecule has 134 valence electrons. The van der Waals surface area contributed by atoms with Crippen LogP contribution in [0.25, 0.3) is 0 Å². The van der Waals surface area contributed by atoms with Gasteiger partial charge in [-0.15, -0.1) is 24.0 Å². The Morgan fingerprint density at radius 3 is 2.83 bits per heavy atom. The van der Waals surface area contributed by atoms with E-state index in [1.54, 1.807) is 6.26 Å². The normalized spacial score (nSPS) is 11.2. The van der Waals surface area contributed by atoms with Crippen LogP contribution in [0.3, 0.4) is 0 Å². The molecule has 0 bridgehead atoms. The molecule has 1 aromatic heterocycles. The Hall–Kier alpha value is -0.760. The maximum atomic E-state index is 5.36. The van der Waals surface area contributed by atoms with Gasteiger partial charge in [0.2, 0.25) is 0 Å². The van der Waals surface area contributed by atoms with Crippen LogP contribution in [0.1, 0.15) is 38.9 Å². The number of unbranched alkanes of at least 4 members (excludes halogenated alkanes) is 1.